The summed E-state index contributed by atoms with van der Waals surface area (Å²) in [6.07, 6.45) is 0. The maximum absolute atomic E-state index is 4.90. The number of aromatic nitrogens is 1. The van der Waals surface area contributed by atoms with E-state index in [1.165, 1.54) is 44.0 Å². The topological polar surface area (TPSA) is 12.9 Å². The van der Waals surface area contributed by atoms with Crippen LogP contribution < -0.4 is 0 Å². The Hall–Kier alpha value is -3.45. The van der Waals surface area contributed by atoms with Crippen molar-refractivity contribution in [2.24, 2.45) is 0 Å². The highest BCUT2D eigenvalue weighted by atomic mass is 14.7. The average Bonchev–Trinajstić information content (AvgIpc) is 3.03. The molecule has 0 fully saturated rings. The number of nitrogens with zero attached hydrogens (tertiary/aromatic N) is 1. The summed E-state index contributed by atoms with van der Waals surface area (Å²) in [5.41, 5.74) is 8.54. The van der Waals surface area contributed by atoms with E-state index in [-0.39, 0.29) is 0 Å². The molecular weight excluding hydrogens is 314 g/mol. The molecule has 1 heterocycles. The molecule has 1 aliphatic carbocycles. The molecule has 1 heteroatoms. The van der Waals surface area contributed by atoms with Crippen LogP contribution >= 0.6 is 0 Å². The fourth-order valence-electron chi connectivity index (χ4n) is 4.19. The standard InChI is InChI=1S/C25H15N/c1-4-11-23-16(6-1)12-13-24(26-23)18-14-17-7-5-10-21-19-8-2-3-9-20(19)22(15-18)25(17)21/h1-15H. The van der Waals surface area contributed by atoms with Crippen LogP contribution in [0.25, 0.3) is 55.2 Å². The van der Waals surface area contributed by atoms with Crippen LogP contribution in [0.1, 0.15) is 0 Å². The van der Waals surface area contributed by atoms with Crippen molar-refractivity contribution in [1.29, 1.82) is 0 Å². The molecule has 5 aromatic rings. The van der Waals surface area contributed by atoms with Crippen molar-refractivity contribution < 1.29 is 0 Å². The van der Waals surface area contributed by atoms with Gasteiger partial charge in [0.1, 0.15) is 0 Å². The molecule has 1 nitrogen and oxygen atoms in total. The monoisotopic (exact) mass is 329 g/mol. The highest BCUT2D eigenvalue weighted by molar-refractivity contribution is 6.16. The van der Waals surface area contributed by atoms with Crippen molar-refractivity contribution in [3.8, 4) is 33.5 Å². The van der Waals surface area contributed by atoms with Crippen molar-refractivity contribution in [2.75, 3.05) is 0 Å². The fourth-order valence-corrected chi connectivity index (χ4v) is 4.19. The molecule has 26 heavy (non-hydrogen) atoms. The summed E-state index contributed by atoms with van der Waals surface area (Å²) >= 11 is 0. The minimum Gasteiger partial charge on any atom is -0.248 e. The molecule has 0 saturated carbocycles. The molecule has 1 aromatic heterocycles. The molecular formula is C25H15N. The third-order valence-corrected chi connectivity index (χ3v) is 5.38. The zero-order valence-corrected chi connectivity index (χ0v) is 14.1. The van der Waals surface area contributed by atoms with Crippen LogP contribution in [0.5, 0.6) is 0 Å². The van der Waals surface area contributed by atoms with Gasteiger partial charge in [-0.1, -0.05) is 66.7 Å². The molecule has 0 spiro atoms. The van der Waals surface area contributed by atoms with E-state index in [0.29, 0.717) is 0 Å². The van der Waals surface area contributed by atoms with Crippen molar-refractivity contribution >= 4 is 21.7 Å². The maximum Gasteiger partial charge on any atom is 0.0710 e. The lowest BCUT2D eigenvalue weighted by molar-refractivity contribution is 1.40. The van der Waals surface area contributed by atoms with Gasteiger partial charge in [-0.05, 0) is 57.3 Å². The van der Waals surface area contributed by atoms with Crippen LogP contribution in [0, 0.1) is 0 Å². The van der Waals surface area contributed by atoms with Crippen LogP contribution in [-0.4, -0.2) is 4.98 Å². The van der Waals surface area contributed by atoms with E-state index >= 15 is 0 Å². The smallest absolute Gasteiger partial charge is 0.0710 e. The lowest BCUT2D eigenvalue weighted by Gasteiger charge is -2.08. The number of hydrogen-bond donors (Lipinski definition) is 0. The van der Waals surface area contributed by atoms with Gasteiger partial charge < -0.3 is 0 Å². The van der Waals surface area contributed by atoms with E-state index in [4.69, 9.17) is 4.98 Å². The molecule has 0 saturated heterocycles. The summed E-state index contributed by atoms with van der Waals surface area (Å²) in [6, 6.07) is 32.4. The Morgan fingerprint density at radius 3 is 2.15 bits per heavy atom. The molecule has 6 rings (SSSR count). The molecule has 0 aliphatic heterocycles. The van der Waals surface area contributed by atoms with Gasteiger partial charge in [-0.2, -0.15) is 0 Å². The van der Waals surface area contributed by atoms with Crippen molar-refractivity contribution in [1.82, 2.24) is 4.98 Å². The Balaban J connectivity index is 1.66. The first-order valence-electron chi connectivity index (χ1n) is 8.91. The largest absolute Gasteiger partial charge is 0.248 e. The zero-order chi connectivity index (χ0) is 17.1. The van der Waals surface area contributed by atoms with Gasteiger partial charge in [0.05, 0.1) is 11.2 Å². The Bertz CT molecular complexity index is 1330. The zero-order valence-electron chi connectivity index (χ0n) is 14.1. The minimum absolute atomic E-state index is 1.02. The van der Waals surface area contributed by atoms with Gasteiger partial charge in [0, 0.05) is 10.9 Å². The van der Waals surface area contributed by atoms with Gasteiger partial charge >= 0.3 is 0 Å². The Morgan fingerprint density at radius 1 is 0.500 bits per heavy atom. The molecule has 0 atom stereocenters. The van der Waals surface area contributed by atoms with Crippen LogP contribution in [0.4, 0.5) is 0 Å². The number of pyridine rings is 1. The van der Waals surface area contributed by atoms with E-state index in [1.807, 2.05) is 6.07 Å². The summed E-state index contributed by atoms with van der Waals surface area (Å²) < 4.78 is 0. The highest BCUT2D eigenvalue weighted by Gasteiger charge is 2.21. The second-order valence-electron chi connectivity index (χ2n) is 6.86. The van der Waals surface area contributed by atoms with Gasteiger partial charge in [-0.3, -0.25) is 0 Å². The summed E-state index contributed by atoms with van der Waals surface area (Å²) in [5.74, 6) is 0. The quantitative estimate of drug-likeness (QED) is 0.327. The molecule has 0 radical (unpaired) electrons. The minimum atomic E-state index is 1.02. The first-order valence-corrected chi connectivity index (χ1v) is 8.91. The highest BCUT2D eigenvalue weighted by Crippen LogP contribution is 2.48. The van der Waals surface area contributed by atoms with Crippen molar-refractivity contribution in [3.63, 3.8) is 0 Å². The van der Waals surface area contributed by atoms with Gasteiger partial charge in [0.15, 0.2) is 0 Å². The number of rotatable bonds is 1. The molecule has 4 aromatic carbocycles. The van der Waals surface area contributed by atoms with E-state index in [0.717, 1.165) is 11.2 Å². The Labute approximate surface area is 151 Å². The second-order valence-corrected chi connectivity index (χ2v) is 6.86. The number of fused-ring (bicyclic) bond motifs is 4. The number of benzene rings is 4. The predicted octanol–water partition coefficient (Wildman–Crippen LogP) is 6.70. The summed E-state index contributed by atoms with van der Waals surface area (Å²) in [4.78, 5) is 4.90. The summed E-state index contributed by atoms with van der Waals surface area (Å²) in [5, 5.41) is 3.81. The Kier molecular flexibility index (Phi) is 2.67. The average molecular weight is 329 g/mol. The number of para-hydroxylation sites is 1. The summed E-state index contributed by atoms with van der Waals surface area (Å²) in [6.45, 7) is 0. The van der Waals surface area contributed by atoms with Crippen LogP contribution in [-0.2, 0) is 0 Å². The van der Waals surface area contributed by atoms with Crippen molar-refractivity contribution in [3.05, 3.63) is 91.0 Å². The maximum atomic E-state index is 4.90. The van der Waals surface area contributed by atoms with Crippen LogP contribution in [0.2, 0.25) is 0 Å². The third kappa shape index (κ3) is 1.83. The van der Waals surface area contributed by atoms with Gasteiger partial charge in [0.2, 0.25) is 0 Å². The van der Waals surface area contributed by atoms with E-state index in [1.54, 1.807) is 0 Å². The Morgan fingerprint density at radius 2 is 1.23 bits per heavy atom. The molecule has 0 bridgehead atoms. The SMILES string of the molecule is c1ccc2c(c1)-c1cccc3cc(-c4ccc5ccccc5n4)cc-2c13. The molecule has 1 aliphatic rings. The second kappa shape index (κ2) is 5.03. The third-order valence-electron chi connectivity index (χ3n) is 5.38. The lowest BCUT2D eigenvalue weighted by atomic mass is 9.98. The fraction of sp³-hybridized carbons (Fsp3) is 0. The van der Waals surface area contributed by atoms with Gasteiger partial charge in [-0.15, -0.1) is 0 Å². The molecule has 120 valence electrons. The van der Waals surface area contributed by atoms with Crippen LogP contribution in [0.3, 0.4) is 0 Å². The van der Waals surface area contributed by atoms with Gasteiger partial charge in [0.25, 0.3) is 0 Å². The van der Waals surface area contributed by atoms with E-state index in [9.17, 15) is 0 Å². The number of hydrogen-bond acceptors (Lipinski definition) is 1. The first kappa shape index (κ1) is 13.8. The predicted molar refractivity (Wildman–Crippen MR) is 109 cm³/mol. The normalized spacial score (nSPS) is 11.8. The summed E-state index contributed by atoms with van der Waals surface area (Å²) in [7, 11) is 0. The molecule has 0 N–H and O–H groups in total. The first-order chi connectivity index (χ1) is 12.9. The van der Waals surface area contributed by atoms with Crippen LogP contribution in [0.15, 0.2) is 91.0 Å². The molecule has 0 amide bonds. The van der Waals surface area contributed by atoms with E-state index < -0.39 is 0 Å². The van der Waals surface area contributed by atoms with Gasteiger partial charge in [-0.25, -0.2) is 4.98 Å². The molecule has 0 unspecified atom stereocenters. The lowest BCUT2D eigenvalue weighted by Crippen LogP contribution is -1.87. The van der Waals surface area contributed by atoms with E-state index in [2.05, 4.69) is 84.9 Å². The van der Waals surface area contributed by atoms with Crippen molar-refractivity contribution in [2.45, 2.75) is 0 Å².